The maximum Gasteiger partial charge on any atom is 0.306 e. The Balaban J connectivity index is 3.88. The van der Waals surface area contributed by atoms with Crippen molar-refractivity contribution in [2.24, 2.45) is 0 Å². The summed E-state index contributed by atoms with van der Waals surface area (Å²) in [6, 6.07) is 0. The van der Waals surface area contributed by atoms with E-state index in [1.54, 1.807) is 0 Å². The second-order valence-corrected chi connectivity index (χ2v) is 20.9. The zero-order chi connectivity index (χ0) is 52.9. The number of rotatable bonds is 57. The minimum absolute atomic E-state index is 0.0770. The lowest BCUT2D eigenvalue weighted by molar-refractivity contribution is -0.167. The summed E-state index contributed by atoms with van der Waals surface area (Å²) in [6.07, 6.45) is 79.8. The number of carbonyl (C=O) groups is 3. The first-order valence-electron chi connectivity index (χ1n) is 31.4. The molecule has 0 bridgehead atoms. The number of allylic oxidation sites excluding steroid dienone is 12. The van der Waals surface area contributed by atoms with Crippen molar-refractivity contribution in [2.75, 3.05) is 13.2 Å². The predicted octanol–water partition coefficient (Wildman–Crippen LogP) is 21.3. The van der Waals surface area contributed by atoms with Crippen LogP contribution in [-0.4, -0.2) is 37.2 Å². The molecule has 0 aromatic carbocycles. The van der Waals surface area contributed by atoms with Gasteiger partial charge in [-0.1, -0.05) is 280 Å². The van der Waals surface area contributed by atoms with E-state index in [0.29, 0.717) is 19.3 Å². The first-order valence-corrected chi connectivity index (χ1v) is 31.4. The van der Waals surface area contributed by atoms with Crippen molar-refractivity contribution >= 4 is 17.9 Å². The van der Waals surface area contributed by atoms with Crippen molar-refractivity contribution < 1.29 is 28.6 Å². The lowest BCUT2D eigenvalue weighted by atomic mass is 10.0. The number of unbranched alkanes of at least 4 members (excludes halogenated alkanes) is 34. The van der Waals surface area contributed by atoms with Gasteiger partial charge < -0.3 is 14.2 Å². The zero-order valence-electron chi connectivity index (χ0n) is 48.4. The topological polar surface area (TPSA) is 78.9 Å². The smallest absolute Gasteiger partial charge is 0.306 e. The Morgan fingerprint density at radius 1 is 0.288 bits per heavy atom. The lowest BCUT2D eigenvalue weighted by Crippen LogP contribution is -2.30. The van der Waals surface area contributed by atoms with Crippen molar-refractivity contribution in [2.45, 2.75) is 322 Å². The normalized spacial score (nSPS) is 12.5. The molecule has 0 fully saturated rings. The van der Waals surface area contributed by atoms with Gasteiger partial charge in [0.15, 0.2) is 6.10 Å². The van der Waals surface area contributed by atoms with Crippen molar-refractivity contribution in [3.8, 4) is 0 Å². The van der Waals surface area contributed by atoms with Crippen molar-refractivity contribution in [3.63, 3.8) is 0 Å². The highest BCUT2D eigenvalue weighted by molar-refractivity contribution is 5.71. The molecule has 0 aromatic heterocycles. The molecule has 0 aliphatic carbocycles. The number of ether oxygens (including phenoxy) is 3. The largest absolute Gasteiger partial charge is 0.462 e. The Bertz CT molecular complexity index is 1360. The van der Waals surface area contributed by atoms with Crippen molar-refractivity contribution in [1.82, 2.24) is 0 Å². The average Bonchev–Trinajstić information content (AvgIpc) is 3.39. The molecule has 0 N–H and O–H groups in total. The van der Waals surface area contributed by atoms with Crippen LogP contribution in [0.5, 0.6) is 0 Å². The van der Waals surface area contributed by atoms with Gasteiger partial charge in [0.05, 0.1) is 0 Å². The molecule has 0 aromatic rings. The van der Waals surface area contributed by atoms with Crippen LogP contribution in [0.1, 0.15) is 316 Å². The van der Waals surface area contributed by atoms with Gasteiger partial charge in [-0.15, -0.1) is 0 Å². The summed E-state index contributed by atoms with van der Waals surface area (Å²) < 4.78 is 16.7. The molecule has 0 aliphatic rings. The summed E-state index contributed by atoms with van der Waals surface area (Å²) in [6.45, 7) is 6.43. The molecule has 0 heterocycles. The van der Waals surface area contributed by atoms with Crippen LogP contribution >= 0.6 is 0 Å². The van der Waals surface area contributed by atoms with E-state index in [1.165, 1.54) is 161 Å². The number of hydrogen-bond donors (Lipinski definition) is 0. The van der Waals surface area contributed by atoms with Gasteiger partial charge in [0, 0.05) is 19.3 Å². The standard InChI is InChI=1S/C67H118O6/c1-4-7-10-13-15-17-19-21-23-24-25-26-27-28-29-30-31-32-33-34-35-36-37-38-39-40-41-42-44-45-47-49-51-54-57-60-66(69)72-63-64(62-71-65(68)59-56-53-12-9-6-3)73-67(70)61-58-55-52-50-48-46-43-22-20-18-16-14-11-8-5-2/h7,10,15-18,21-23,25-26,43,64H,4-6,8-9,11-14,19-20,24,27-42,44-63H2,1-3H3/b10-7-,17-15-,18-16-,23-21-,26-25-,43-22-. The second kappa shape index (κ2) is 61.4. The van der Waals surface area contributed by atoms with Gasteiger partial charge in [-0.3, -0.25) is 14.4 Å². The molecule has 0 radical (unpaired) electrons. The Morgan fingerprint density at radius 2 is 0.534 bits per heavy atom. The third-order valence-electron chi connectivity index (χ3n) is 13.7. The van der Waals surface area contributed by atoms with Gasteiger partial charge in [-0.2, -0.15) is 0 Å². The molecular weight excluding hydrogens is 901 g/mol. The third-order valence-corrected chi connectivity index (χ3v) is 13.7. The summed E-state index contributed by atoms with van der Waals surface area (Å²) in [5.41, 5.74) is 0. The monoisotopic (exact) mass is 1020 g/mol. The van der Waals surface area contributed by atoms with Gasteiger partial charge in [-0.25, -0.2) is 0 Å². The molecule has 0 spiro atoms. The van der Waals surface area contributed by atoms with Gasteiger partial charge in [0.2, 0.25) is 0 Å². The van der Waals surface area contributed by atoms with E-state index in [9.17, 15) is 14.4 Å². The van der Waals surface area contributed by atoms with E-state index in [2.05, 4.69) is 93.7 Å². The van der Waals surface area contributed by atoms with E-state index in [0.717, 1.165) is 116 Å². The molecule has 0 rings (SSSR count). The van der Waals surface area contributed by atoms with Gasteiger partial charge >= 0.3 is 17.9 Å². The fraction of sp³-hybridized carbons (Fsp3) is 0.776. The first-order chi connectivity index (χ1) is 36.0. The molecule has 0 aliphatic heterocycles. The summed E-state index contributed by atoms with van der Waals surface area (Å²) in [4.78, 5) is 37.8. The van der Waals surface area contributed by atoms with E-state index < -0.39 is 6.10 Å². The Labute approximate surface area is 453 Å². The maximum absolute atomic E-state index is 12.8. The Hall–Kier alpha value is -3.15. The van der Waals surface area contributed by atoms with Crippen LogP contribution in [-0.2, 0) is 28.6 Å². The van der Waals surface area contributed by atoms with Gasteiger partial charge in [0.1, 0.15) is 13.2 Å². The SMILES string of the molecule is CC/C=C\C/C=C\C/C=C\C/C=C\CCCCCCCCCCCCCCCCCCCCCCCCC(=O)OCC(COC(=O)CCCCCCC)OC(=O)CCCCCCC/C=C\C/C=C\CCCCC. The number of carbonyl (C=O) groups excluding carboxylic acids is 3. The fourth-order valence-corrected chi connectivity index (χ4v) is 9.00. The third kappa shape index (κ3) is 59.6. The predicted molar refractivity (Wildman–Crippen MR) is 316 cm³/mol. The van der Waals surface area contributed by atoms with E-state index in [4.69, 9.17) is 14.2 Å². The molecule has 6 nitrogen and oxygen atoms in total. The van der Waals surface area contributed by atoms with Crippen molar-refractivity contribution in [3.05, 3.63) is 72.9 Å². The molecule has 0 saturated carbocycles. The van der Waals surface area contributed by atoms with Crippen LogP contribution in [0.25, 0.3) is 0 Å². The zero-order valence-corrected chi connectivity index (χ0v) is 48.4. The summed E-state index contributed by atoms with van der Waals surface area (Å²) in [7, 11) is 0. The summed E-state index contributed by atoms with van der Waals surface area (Å²) in [5.74, 6) is -0.893. The molecule has 6 heteroatoms. The molecule has 73 heavy (non-hydrogen) atoms. The minimum Gasteiger partial charge on any atom is -0.462 e. The highest BCUT2D eigenvalue weighted by Crippen LogP contribution is 2.17. The molecule has 422 valence electrons. The van der Waals surface area contributed by atoms with Crippen LogP contribution in [0.15, 0.2) is 72.9 Å². The number of hydrogen-bond acceptors (Lipinski definition) is 6. The second-order valence-electron chi connectivity index (χ2n) is 20.9. The average molecular weight is 1020 g/mol. The first kappa shape index (κ1) is 69.8. The fourth-order valence-electron chi connectivity index (χ4n) is 9.00. The van der Waals surface area contributed by atoms with Crippen LogP contribution in [0.2, 0.25) is 0 Å². The van der Waals surface area contributed by atoms with Crippen LogP contribution < -0.4 is 0 Å². The number of esters is 3. The molecule has 0 saturated heterocycles. The van der Waals surface area contributed by atoms with Crippen LogP contribution in [0.3, 0.4) is 0 Å². The summed E-state index contributed by atoms with van der Waals surface area (Å²) >= 11 is 0. The molecule has 1 atom stereocenters. The van der Waals surface area contributed by atoms with E-state index >= 15 is 0 Å². The molecule has 0 amide bonds. The van der Waals surface area contributed by atoms with Crippen molar-refractivity contribution in [1.29, 1.82) is 0 Å². The van der Waals surface area contributed by atoms with Gasteiger partial charge in [-0.05, 0) is 89.9 Å². The Morgan fingerprint density at radius 3 is 0.863 bits per heavy atom. The minimum atomic E-state index is -0.775. The maximum atomic E-state index is 12.8. The molecular formula is C67H118O6. The van der Waals surface area contributed by atoms with Crippen LogP contribution in [0.4, 0.5) is 0 Å². The van der Waals surface area contributed by atoms with E-state index in [1.807, 2.05) is 0 Å². The van der Waals surface area contributed by atoms with Crippen LogP contribution in [0, 0.1) is 0 Å². The van der Waals surface area contributed by atoms with Gasteiger partial charge in [0.25, 0.3) is 0 Å². The summed E-state index contributed by atoms with van der Waals surface area (Å²) in [5, 5.41) is 0. The highest BCUT2D eigenvalue weighted by Gasteiger charge is 2.19. The lowest BCUT2D eigenvalue weighted by Gasteiger charge is -2.18. The molecule has 1 unspecified atom stereocenters. The highest BCUT2D eigenvalue weighted by atomic mass is 16.6. The Kier molecular flexibility index (Phi) is 58.7. The quantitative estimate of drug-likeness (QED) is 0.0261. The van der Waals surface area contributed by atoms with E-state index in [-0.39, 0.29) is 31.1 Å².